The van der Waals surface area contributed by atoms with E-state index in [1.807, 2.05) is 0 Å². The minimum Gasteiger partial charge on any atom is -0.480 e. The summed E-state index contributed by atoms with van der Waals surface area (Å²) in [6.45, 7) is 3.54. The van der Waals surface area contributed by atoms with Crippen LogP contribution in [0.25, 0.3) is 0 Å². The fourth-order valence-electron chi connectivity index (χ4n) is 0.565. The van der Waals surface area contributed by atoms with Gasteiger partial charge < -0.3 is 5.11 Å². The number of allylic oxidation sites excluding steroid dienone is 1. The maximum atomic E-state index is 10.2. The molecule has 1 N–H and O–H groups in total. The first-order valence-corrected chi connectivity index (χ1v) is 4.08. The average molecular weight is 207 g/mol. The van der Waals surface area contributed by atoms with Crippen LogP contribution in [-0.2, 0) is 4.79 Å². The maximum absolute atomic E-state index is 10.2. The van der Waals surface area contributed by atoms with Crippen LogP contribution in [0.15, 0.2) is 12.7 Å². The lowest BCUT2D eigenvalue weighted by atomic mass is 10.2. The Kier molecular flexibility index (Phi) is 5.30. The Hall–Kier alpha value is -0.310. The van der Waals surface area contributed by atoms with Crippen LogP contribution in [0.1, 0.15) is 19.3 Å². The highest BCUT2D eigenvalue weighted by Crippen LogP contribution is 2.09. The molecule has 0 aromatic rings. The number of hydrogen-bond donors (Lipinski definition) is 1. The van der Waals surface area contributed by atoms with Gasteiger partial charge in [-0.3, -0.25) is 4.79 Å². The van der Waals surface area contributed by atoms with E-state index < -0.39 is 10.8 Å². The number of carboxylic acid groups (broad SMARTS) is 1. The fourth-order valence-corrected chi connectivity index (χ4v) is 0.889. The van der Waals surface area contributed by atoms with Crippen molar-refractivity contribution in [2.75, 3.05) is 0 Å². The highest BCUT2D eigenvalue weighted by atomic mass is 79.9. The predicted octanol–water partition coefficient (Wildman–Crippen LogP) is 2.19. The first-order valence-electron chi connectivity index (χ1n) is 3.16. The topological polar surface area (TPSA) is 37.3 Å². The molecule has 2 nitrogen and oxygen atoms in total. The van der Waals surface area contributed by atoms with Crippen LogP contribution < -0.4 is 0 Å². The number of aliphatic carboxylic acids is 1. The largest absolute Gasteiger partial charge is 0.480 e. The lowest BCUT2D eigenvalue weighted by Gasteiger charge is -2.00. The van der Waals surface area contributed by atoms with Crippen molar-refractivity contribution in [2.45, 2.75) is 24.1 Å². The van der Waals surface area contributed by atoms with Crippen LogP contribution in [0.4, 0.5) is 0 Å². The molecule has 0 saturated heterocycles. The smallest absolute Gasteiger partial charge is 0.317 e. The molecular formula is C7H11BrO2. The molecule has 1 unspecified atom stereocenters. The van der Waals surface area contributed by atoms with Crippen molar-refractivity contribution in [2.24, 2.45) is 0 Å². The quantitative estimate of drug-likeness (QED) is 0.426. The molecule has 0 amide bonds. The number of hydrogen-bond acceptors (Lipinski definition) is 1. The van der Waals surface area contributed by atoms with Crippen molar-refractivity contribution in [1.29, 1.82) is 0 Å². The van der Waals surface area contributed by atoms with Gasteiger partial charge in [0.15, 0.2) is 0 Å². The third-order valence-electron chi connectivity index (χ3n) is 1.13. The van der Waals surface area contributed by atoms with Gasteiger partial charge in [0.2, 0.25) is 0 Å². The Bertz CT molecular complexity index is 123. The van der Waals surface area contributed by atoms with Gasteiger partial charge in [0.25, 0.3) is 0 Å². The van der Waals surface area contributed by atoms with E-state index in [0.29, 0.717) is 6.42 Å². The summed E-state index contributed by atoms with van der Waals surface area (Å²) in [6.07, 6.45) is 4.23. The molecule has 0 aliphatic carbocycles. The monoisotopic (exact) mass is 206 g/mol. The second-order valence-electron chi connectivity index (χ2n) is 2.03. The molecule has 0 heterocycles. The number of alkyl halides is 1. The maximum Gasteiger partial charge on any atom is 0.317 e. The van der Waals surface area contributed by atoms with Crippen LogP contribution in [-0.4, -0.2) is 15.9 Å². The van der Waals surface area contributed by atoms with Gasteiger partial charge >= 0.3 is 5.97 Å². The van der Waals surface area contributed by atoms with E-state index in [2.05, 4.69) is 22.5 Å². The highest BCUT2D eigenvalue weighted by Gasteiger charge is 2.10. The standard InChI is InChI=1S/C7H11BrO2/c1-2-3-4-5-6(8)7(9)10/h2,6H,1,3-5H2,(H,9,10). The summed E-state index contributed by atoms with van der Waals surface area (Å²) in [7, 11) is 0. The minimum absolute atomic E-state index is 0.396. The van der Waals surface area contributed by atoms with Gasteiger partial charge in [0.05, 0.1) is 0 Å². The first-order chi connectivity index (χ1) is 4.68. The SMILES string of the molecule is C=CCCCC(Br)C(=O)O. The Morgan fingerprint density at radius 2 is 2.40 bits per heavy atom. The molecule has 58 valence electrons. The van der Waals surface area contributed by atoms with Gasteiger partial charge in [-0.05, 0) is 19.3 Å². The lowest BCUT2D eigenvalue weighted by molar-refractivity contribution is -0.136. The summed E-state index contributed by atoms with van der Waals surface area (Å²) < 4.78 is 0. The molecule has 0 fully saturated rings. The summed E-state index contributed by atoms with van der Waals surface area (Å²) in [6, 6.07) is 0. The van der Waals surface area contributed by atoms with Crippen LogP contribution in [0.3, 0.4) is 0 Å². The molecular weight excluding hydrogens is 196 g/mol. The Morgan fingerprint density at radius 1 is 1.80 bits per heavy atom. The van der Waals surface area contributed by atoms with E-state index in [0.717, 1.165) is 12.8 Å². The Balaban J connectivity index is 3.30. The molecule has 0 radical (unpaired) electrons. The van der Waals surface area contributed by atoms with E-state index in [1.54, 1.807) is 6.08 Å². The summed E-state index contributed by atoms with van der Waals surface area (Å²) >= 11 is 3.04. The zero-order valence-electron chi connectivity index (χ0n) is 5.72. The lowest BCUT2D eigenvalue weighted by Crippen LogP contribution is -2.11. The van der Waals surface area contributed by atoms with Crippen molar-refractivity contribution >= 4 is 21.9 Å². The molecule has 0 bridgehead atoms. The molecule has 1 atom stereocenters. The molecule has 3 heteroatoms. The van der Waals surface area contributed by atoms with Gasteiger partial charge in [-0.15, -0.1) is 6.58 Å². The first kappa shape index (κ1) is 9.69. The van der Waals surface area contributed by atoms with E-state index in [-0.39, 0.29) is 0 Å². The predicted molar refractivity (Wildman–Crippen MR) is 44.4 cm³/mol. The van der Waals surface area contributed by atoms with Crippen LogP contribution in [0.2, 0.25) is 0 Å². The molecule has 0 rings (SSSR count). The number of unbranched alkanes of at least 4 members (excludes halogenated alkanes) is 1. The second-order valence-corrected chi connectivity index (χ2v) is 3.13. The van der Waals surface area contributed by atoms with Crippen LogP contribution in [0, 0.1) is 0 Å². The van der Waals surface area contributed by atoms with Crippen molar-refractivity contribution in [3.63, 3.8) is 0 Å². The van der Waals surface area contributed by atoms with Crippen LogP contribution >= 0.6 is 15.9 Å². The second kappa shape index (κ2) is 5.47. The van der Waals surface area contributed by atoms with E-state index in [1.165, 1.54) is 0 Å². The zero-order valence-corrected chi connectivity index (χ0v) is 7.30. The molecule has 0 spiro atoms. The number of halogens is 1. The summed E-state index contributed by atoms with van der Waals surface area (Å²) in [5.41, 5.74) is 0. The summed E-state index contributed by atoms with van der Waals surface area (Å²) in [5.74, 6) is -0.788. The third-order valence-corrected chi connectivity index (χ3v) is 1.98. The van der Waals surface area contributed by atoms with Crippen molar-refractivity contribution in [3.05, 3.63) is 12.7 Å². The van der Waals surface area contributed by atoms with Crippen molar-refractivity contribution in [1.82, 2.24) is 0 Å². The van der Waals surface area contributed by atoms with Gasteiger partial charge in [-0.25, -0.2) is 0 Å². The highest BCUT2D eigenvalue weighted by molar-refractivity contribution is 9.10. The Labute approximate surface area is 69.1 Å². The van der Waals surface area contributed by atoms with Gasteiger partial charge in [-0.2, -0.15) is 0 Å². The van der Waals surface area contributed by atoms with Crippen molar-refractivity contribution < 1.29 is 9.90 Å². The molecule has 0 aliphatic heterocycles. The molecule has 0 aromatic carbocycles. The zero-order chi connectivity index (χ0) is 7.98. The minimum atomic E-state index is -0.788. The Morgan fingerprint density at radius 3 is 2.80 bits per heavy atom. The molecule has 0 aliphatic rings. The summed E-state index contributed by atoms with van der Waals surface area (Å²) in [4.78, 5) is 9.82. The van der Waals surface area contributed by atoms with E-state index in [9.17, 15) is 4.79 Å². The number of carboxylic acids is 1. The molecule has 0 aromatic heterocycles. The third kappa shape index (κ3) is 4.56. The number of carbonyl (C=O) groups is 1. The number of rotatable bonds is 5. The van der Waals surface area contributed by atoms with Gasteiger partial charge in [-0.1, -0.05) is 22.0 Å². The normalized spacial score (nSPS) is 12.5. The van der Waals surface area contributed by atoms with Crippen molar-refractivity contribution in [3.8, 4) is 0 Å². The van der Waals surface area contributed by atoms with Gasteiger partial charge in [0, 0.05) is 0 Å². The average Bonchev–Trinajstić information content (AvgIpc) is 1.88. The molecule has 10 heavy (non-hydrogen) atoms. The fraction of sp³-hybridized carbons (Fsp3) is 0.571. The van der Waals surface area contributed by atoms with Gasteiger partial charge in [0.1, 0.15) is 4.83 Å². The van der Waals surface area contributed by atoms with Crippen LogP contribution in [0.5, 0.6) is 0 Å². The van der Waals surface area contributed by atoms with E-state index >= 15 is 0 Å². The van der Waals surface area contributed by atoms with E-state index in [4.69, 9.17) is 5.11 Å². The summed E-state index contributed by atoms with van der Waals surface area (Å²) in [5, 5.41) is 8.41. The molecule has 0 saturated carbocycles.